The number of hydrogen-bond acceptors (Lipinski definition) is 3. The second kappa shape index (κ2) is 4.84. The third-order valence-corrected chi connectivity index (χ3v) is 4.44. The molecule has 2 aliphatic rings. The predicted molar refractivity (Wildman–Crippen MR) is 78.2 cm³/mol. The number of fused-ring (bicyclic) bond motifs is 1. The van der Waals surface area contributed by atoms with Crippen molar-refractivity contribution in [3.8, 4) is 0 Å². The average molecular weight is 285 g/mol. The number of aliphatic hydroxyl groups is 1. The van der Waals surface area contributed by atoms with Gasteiger partial charge < -0.3 is 14.8 Å². The molecule has 5 nitrogen and oxygen atoms in total. The van der Waals surface area contributed by atoms with Gasteiger partial charge in [-0.1, -0.05) is 6.07 Å². The number of aliphatic hydroxyl groups excluding tert-OH is 1. The van der Waals surface area contributed by atoms with Crippen LogP contribution in [0.3, 0.4) is 0 Å². The van der Waals surface area contributed by atoms with Gasteiger partial charge in [0, 0.05) is 12.1 Å². The molecular weight excluding hydrogens is 266 g/mol. The first kappa shape index (κ1) is 12.8. The molecule has 0 aromatic carbocycles. The maximum absolute atomic E-state index is 12.5. The number of carbonyl (C=O) groups excluding carboxylic acids is 1. The molecule has 0 radical (unpaired) electrons. The van der Waals surface area contributed by atoms with Gasteiger partial charge in [-0.2, -0.15) is 0 Å². The number of imidazole rings is 1. The van der Waals surface area contributed by atoms with Crippen LogP contribution in [0.5, 0.6) is 0 Å². The summed E-state index contributed by atoms with van der Waals surface area (Å²) >= 11 is 0. The molecule has 2 aromatic heterocycles. The topological polar surface area (TPSA) is 66.6 Å². The normalized spacial score (nSPS) is 19.7. The van der Waals surface area contributed by atoms with Gasteiger partial charge in [0.1, 0.15) is 5.82 Å². The van der Waals surface area contributed by atoms with Crippen LogP contribution in [0.15, 0.2) is 24.4 Å². The minimum Gasteiger partial charge on any atom is -0.394 e. The van der Waals surface area contributed by atoms with Crippen LogP contribution in [0.25, 0.3) is 5.52 Å². The van der Waals surface area contributed by atoms with Crippen LogP contribution in [-0.4, -0.2) is 33.0 Å². The second-order valence-corrected chi connectivity index (χ2v) is 6.15. The fourth-order valence-corrected chi connectivity index (χ4v) is 2.91. The number of carbonyl (C=O) groups is 1. The zero-order chi connectivity index (χ0) is 14.4. The Bertz CT molecular complexity index is 686. The summed E-state index contributed by atoms with van der Waals surface area (Å²) in [7, 11) is 0. The Morgan fingerprint density at radius 2 is 2.19 bits per heavy atom. The molecule has 0 bridgehead atoms. The van der Waals surface area contributed by atoms with Gasteiger partial charge in [0.15, 0.2) is 5.69 Å². The maximum Gasteiger partial charge on any atom is 0.272 e. The standard InChI is InChI=1S/C16H19N3O2/c20-9-12(10-4-5-10)17-16(21)14-13-3-1-2-8-19(13)15(18-14)11-6-7-11/h1-3,8,10-12,20H,4-7,9H2,(H,17,21). The largest absolute Gasteiger partial charge is 0.394 e. The van der Waals surface area contributed by atoms with E-state index in [4.69, 9.17) is 0 Å². The molecule has 1 atom stereocenters. The molecule has 2 aromatic rings. The number of aromatic nitrogens is 2. The summed E-state index contributed by atoms with van der Waals surface area (Å²) in [5.74, 6) is 1.73. The molecule has 110 valence electrons. The smallest absolute Gasteiger partial charge is 0.272 e. The van der Waals surface area contributed by atoms with Crippen molar-refractivity contribution < 1.29 is 9.90 Å². The van der Waals surface area contributed by atoms with Crippen LogP contribution in [0, 0.1) is 5.92 Å². The van der Waals surface area contributed by atoms with Crippen molar-refractivity contribution in [1.82, 2.24) is 14.7 Å². The predicted octanol–water partition coefficient (Wildman–Crippen LogP) is 1.71. The highest BCUT2D eigenvalue weighted by molar-refractivity contribution is 5.99. The Balaban J connectivity index is 1.67. The minimum atomic E-state index is -0.170. The van der Waals surface area contributed by atoms with Crippen LogP contribution in [-0.2, 0) is 0 Å². The lowest BCUT2D eigenvalue weighted by Gasteiger charge is -2.14. The fraction of sp³-hybridized carbons (Fsp3) is 0.500. The van der Waals surface area contributed by atoms with Crippen LogP contribution < -0.4 is 5.32 Å². The van der Waals surface area contributed by atoms with Gasteiger partial charge in [0.25, 0.3) is 5.91 Å². The van der Waals surface area contributed by atoms with E-state index in [0.29, 0.717) is 17.5 Å². The molecule has 2 saturated carbocycles. The molecule has 0 spiro atoms. The molecule has 2 fully saturated rings. The van der Waals surface area contributed by atoms with E-state index in [1.54, 1.807) is 0 Å². The van der Waals surface area contributed by atoms with Crippen molar-refractivity contribution in [3.63, 3.8) is 0 Å². The van der Waals surface area contributed by atoms with Crippen molar-refractivity contribution in [2.45, 2.75) is 37.6 Å². The lowest BCUT2D eigenvalue weighted by atomic mass is 10.2. The summed E-state index contributed by atoms with van der Waals surface area (Å²) in [6, 6.07) is 5.68. The van der Waals surface area contributed by atoms with Crippen LogP contribution in [0.1, 0.15) is 47.9 Å². The molecule has 2 N–H and O–H groups in total. The Morgan fingerprint density at radius 3 is 2.86 bits per heavy atom. The number of amides is 1. The first-order chi connectivity index (χ1) is 10.3. The highest BCUT2D eigenvalue weighted by Gasteiger charge is 2.34. The average Bonchev–Trinajstić information content (AvgIpc) is 3.41. The van der Waals surface area contributed by atoms with Gasteiger partial charge in [-0.15, -0.1) is 0 Å². The zero-order valence-corrected chi connectivity index (χ0v) is 11.8. The molecule has 0 saturated heterocycles. The molecule has 2 aliphatic carbocycles. The first-order valence-electron chi connectivity index (χ1n) is 7.66. The van der Waals surface area contributed by atoms with E-state index in [1.807, 2.05) is 28.8 Å². The third kappa shape index (κ3) is 2.31. The molecule has 1 amide bonds. The number of nitrogens with zero attached hydrogens (tertiary/aromatic N) is 2. The fourth-order valence-electron chi connectivity index (χ4n) is 2.91. The molecule has 2 heterocycles. The van der Waals surface area contributed by atoms with Gasteiger partial charge in [-0.05, 0) is 43.7 Å². The van der Waals surface area contributed by atoms with E-state index in [1.165, 1.54) is 0 Å². The van der Waals surface area contributed by atoms with Crippen molar-refractivity contribution in [2.24, 2.45) is 5.92 Å². The highest BCUT2D eigenvalue weighted by Crippen LogP contribution is 2.40. The number of nitrogens with one attached hydrogen (secondary N) is 1. The summed E-state index contributed by atoms with van der Waals surface area (Å²) in [6.45, 7) is -0.00231. The Morgan fingerprint density at radius 1 is 1.38 bits per heavy atom. The zero-order valence-electron chi connectivity index (χ0n) is 11.8. The van der Waals surface area contributed by atoms with Gasteiger partial charge in [-0.25, -0.2) is 4.98 Å². The summed E-state index contributed by atoms with van der Waals surface area (Å²) in [4.78, 5) is 17.1. The van der Waals surface area contributed by atoms with E-state index in [9.17, 15) is 9.90 Å². The van der Waals surface area contributed by atoms with Crippen LogP contribution >= 0.6 is 0 Å². The van der Waals surface area contributed by atoms with Crippen LogP contribution in [0.2, 0.25) is 0 Å². The number of pyridine rings is 1. The van der Waals surface area contributed by atoms with E-state index in [0.717, 1.165) is 37.0 Å². The van der Waals surface area contributed by atoms with E-state index in [2.05, 4.69) is 10.3 Å². The quantitative estimate of drug-likeness (QED) is 0.879. The molecule has 1 unspecified atom stereocenters. The monoisotopic (exact) mass is 285 g/mol. The Labute approximate surface area is 123 Å². The molecule has 0 aliphatic heterocycles. The van der Waals surface area contributed by atoms with E-state index >= 15 is 0 Å². The maximum atomic E-state index is 12.5. The number of rotatable bonds is 5. The SMILES string of the molecule is O=C(NC(CO)C1CC1)c1nc(C2CC2)n2ccccc12. The van der Waals surface area contributed by atoms with Crippen molar-refractivity contribution >= 4 is 11.4 Å². The van der Waals surface area contributed by atoms with E-state index < -0.39 is 0 Å². The van der Waals surface area contributed by atoms with Gasteiger partial charge in [-0.3, -0.25) is 4.79 Å². The Hall–Kier alpha value is -1.88. The van der Waals surface area contributed by atoms with Gasteiger partial charge in [0.05, 0.1) is 18.2 Å². The van der Waals surface area contributed by atoms with E-state index in [-0.39, 0.29) is 18.6 Å². The minimum absolute atomic E-state index is 0.00231. The highest BCUT2D eigenvalue weighted by atomic mass is 16.3. The summed E-state index contributed by atoms with van der Waals surface area (Å²) in [5, 5.41) is 12.4. The van der Waals surface area contributed by atoms with Crippen molar-refractivity contribution in [2.75, 3.05) is 6.61 Å². The van der Waals surface area contributed by atoms with Crippen molar-refractivity contribution in [3.05, 3.63) is 35.9 Å². The number of hydrogen-bond donors (Lipinski definition) is 2. The Kier molecular flexibility index (Phi) is 2.96. The summed E-state index contributed by atoms with van der Waals surface area (Å²) < 4.78 is 2.03. The molecule has 4 rings (SSSR count). The third-order valence-electron chi connectivity index (χ3n) is 4.44. The van der Waals surface area contributed by atoms with Crippen molar-refractivity contribution in [1.29, 1.82) is 0 Å². The van der Waals surface area contributed by atoms with Crippen LogP contribution in [0.4, 0.5) is 0 Å². The second-order valence-electron chi connectivity index (χ2n) is 6.15. The molecule has 21 heavy (non-hydrogen) atoms. The summed E-state index contributed by atoms with van der Waals surface area (Å²) in [6.07, 6.45) is 6.44. The first-order valence-corrected chi connectivity index (χ1v) is 7.66. The van der Waals surface area contributed by atoms with Gasteiger partial charge >= 0.3 is 0 Å². The molecule has 5 heteroatoms. The summed E-state index contributed by atoms with van der Waals surface area (Å²) in [5.41, 5.74) is 1.33. The molecular formula is C16H19N3O2. The lowest BCUT2D eigenvalue weighted by molar-refractivity contribution is 0.0905. The van der Waals surface area contributed by atoms with Gasteiger partial charge in [0.2, 0.25) is 0 Å². The lowest BCUT2D eigenvalue weighted by Crippen LogP contribution is -2.39.